The van der Waals surface area contributed by atoms with E-state index in [4.69, 9.17) is 16.2 Å². The van der Waals surface area contributed by atoms with Gasteiger partial charge in [-0.3, -0.25) is 4.79 Å². The number of H-pyrrole nitrogens is 1. The Morgan fingerprint density at radius 1 is 1.40 bits per heavy atom. The molecule has 0 unspecified atom stereocenters. The van der Waals surface area contributed by atoms with Crippen molar-refractivity contribution in [1.82, 2.24) is 25.6 Å². The zero-order valence-electron chi connectivity index (χ0n) is 13.1. The molecule has 10 nitrogen and oxygen atoms in total. The number of nitrogens with one attached hydrogen (secondary N) is 1. The van der Waals surface area contributed by atoms with Gasteiger partial charge in [-0.15, -0.1) is 21.5 Å². The van der Waals surface area contributed by atoms with Crippen molar-refractivity contribution in [2.75, 3.05) is 0 Å². The minimum Gasteiger partial charge on any atom is -0.485 e. The van der Waals surface area contributed by atoms with Crippen molar-refractivity contribution < 1.29 is 9.53 Å². The molecule has 3 rings (SSSR count). The molecule has 0 saturated heterocycles. The average Bonchev–Trinajstić information content (AvgIpc) is 3.22. The van der Waals surface area contributed by atoms with Crippen molar-refractivity contribution in [2.24, 2.45) is 16.5 Å². The van der Waals surface area contributed by atoms with Crippen molar-refractivity contribution in [3.05, 3.63) is 40.7 Å². The molecule has 0 fully saturated rings. The van der Waals surface area contributed by atoms with Gasteiger partial charge < -0.3 is 16.2 Å². The van der Waals surface area contributed by atoms with Gasteiger partial charge in [0.15, 0.2) is 12.6 Å². The third-order valence-corrected chi connectivity index (χ3v) is 4.25. The lowest BCUT2D eigenvalue weighted by atomic mass is 10.2. The van der Waals surface area contributed by atoms with Gasteiger partial charge in [0.05, 0.1) is 5.69 Å². The number of nitrogens with zero attached hydrogens (tertiary/aromatic N) is 5. The van der Waals surface area contributed by atoms with Gasteiger partial charge in [-0.1, -0.05) is 17.3 Å². The van der Waals surface area contributed by atoms with Crippen LogP contribution < -0.4 is 16.2 Å². The molecule has 0 aliphatic carbocycles. The molecule has 2 heterocycles. The van der Waals surface area contributed by atoms with Gasteiger partial charge in [-0.05, 0) is 19.1 Å². The lowest BCUT2D eigenvalue weighted by Gasteiger charge is -2.04. The fraction of sp³-hybridized carbons (Fsp3) is 0.143. The number of aryl methyl sites for hydroxylation is 1. The standard InChI is InChI=1S/C14H14N8O2S/c1-7-11(12(23)18-14(15)16)25-13(17-7)8-3-2-4-9(5-8)24-6-10-19-21-22-20-10/h2-5H,6H2,1H3,(H4,15,16,18,23)(H,19,20,21,22). The Labute approximate surface area is 145 Å². The van der Waals surface area contributed by atoms with Crippen LogP contribution in [0.25, 0.3) is 10.6 Å². The van der Waals surface area contributed by atoms with Crippen LogP contribution in [-0.2, 0) is 6.61 Å². The smallest absolute Gasteiger partial charge is 0.292 e. The molecule has 128 valence electrons. The Morgan fingerprint density at radius 2 is 2.24 bits per heavy atom. The fourth-order valence-electron chi connectivity index (χ4n) is 2.00. The number of thiazole rings is 1. The summed E-state index contributed by atoms with van der Waals surface area (Å²) in [6, 6.07) is 7.31. The second-order valence-corrected chi connectivity index (χ2v) is 5.92. The van der Waals surface area contributed by atoms with E-state index in [1.165, 1.54) is 11.3 Å². The van der Waals surface area contributed by atoms with Crippen molar-refractivity contribution >= 4 is 23.2 Å². The molecule has 1 amide bonds. The van der Waals surface area contributed by atoms with Crippen LogP contribution in [0, 0.1) is 6.92 Å². The van der Waals surface area contributed by atoms with Crippen LogP contribution in [0.1, 0.15) is 21.2 Å². The number of guanidine groups is 1. The number of nitrogens with two attached hydrogens (primary N) is 2. The molecule has 0 aliphatic heterocycles. The molecule has 1 aromatic carbocycles. The second kappa shape index (κ2) is 7.05. The van der Waals surface area contributed by atoms with Crippen LogP contribution in [0.2, 0.25) is 0 Å². The van der Waals surface area contributed by atoms with Crippen LogP contribution in [0.3, 0.4) is 0 Å². The van der Waals surface area contributed by atoms with E-state index in [9.17, 15) is 4.79 Å². The number of aromatic amines is 1. The van der Waals surface area contributed by atoms with Crippen LogP contribution in [0.15, 0.2) is 29.3 Å². The first-order valence-electron chi connectivity index (χ1n) is 7.10. The first-order chi connectivity index (χ1) is 12.0. The SMILES string of the molecule is Cc1nc(-c2cccc(OCc3nn[nH]n3)c2)sc1C(=O)N=C(N)N. The molecule has 0 spiro atoms. The molecule has 0 bridgehead atoms. The predicted octanol–water partition coefficient (Wildman–Crippen LogP) is 0.624. The van der Waals surface area contributed by atoms with Crippen LogP contribution in [0.4, 0.5) is 0 Å². The van der Waals surface area contributed by atoms with E-state index in [1.807, 2.05) is 18.2 Å². The van der Waals surface area contributed by atoms with Gasteiger partial charge >= 0.3 is 0 Å². The van der Waals surface area contributed by atoms with E-state index in [2.05, 4.69) is 30.6 Å². The number of carbonyl (C=O) groups is 1. The van der Waals surface area contributed by atoms with Crippen molar-refractivity contribution in [3.8, 4) is 16.3 Å². The van der Waals surface area contributed by atoms with E-state index >= 15 is 0 Å². The Bertz CT molecular complexity index is 915. The predicted molar refractivity (Wildman–Crippen MR) is 90.9 cm³/mol. The Morgan fingerprint density at radius 3 is 2.96 bits per heavy atom. The highest BCUT2D eigenvalue weighted by atomic mass is 32.1. The molecular formula is C14H14N8O2S. The summed E-state index contributed by atoms with van der Waals surface area (Å²) in [5.74, 6) is 0.273. The van der Waals surface area contributed by atoms with Gasteiger partial charge in [0.2, 0.25) is 5.82 Å². The number of hydrogen-bond acceptors (Lipinski definition) is 7. The highest BCUT2D eigenvalue weighted by Gasteiger charge is 2.16. The van der Waals surface area contributed by atoms with Gasteiger partial charge in [0.1, 0.15) is 15.6 Å². The lowest BCUT2D eigenvalue weighted by Crippen LogP contribution is -2.24. The maximum Gasteiger partial charge on any atom is 0.292 e. The summed E-state index contributed by atoms with van der Waals surface area (Å²) in [7, 11) is 0. The summed E-state index contributed by atoms with van der Waals surface area (Å²) >= 11 is 1.21. The van der Waals surface area contributed by atoms with E-state index in [1.54, 1.807) is 13.0 Å². The van der Waals surface area contributed by atoms with E-state index in [-0.39, 0.29) is 12.6 Å². The zero-order chi connectivity index (χ0) is 17.8. The summed E-state index contributed by atoms with van der Waals surface area (Å²) in [5.41, 5.74) is 11.9. The minimum atomic E-state index is -0.509. The maximum absolute atomic E-state index is 12.0. The molecule has 11 heteroatoms. The number of aromatic nitrogens is 5. The number of benzene rings is 1. The molecule has 5 N–H and O–H groups in total. The second-order valence-electron chi connectivity index (χ2n) is 4.92. The normalized spacial score (nSPS) is 10.4. The highest BCUT2D eigenvalue weighted by Crippen LogP contribution is 2.30. The van der Waals surface area contributed by atoms with Crippen molar-refractivity contribution in [2.45, 2.75) is 13.5 Å². The van der Waals surface area contributed by atoms with Crippen LogP contribution in [0.5, 0.6) is 5.75 Å². The number of ether oxygens (including phenoxy) is 1. The quantitative estimate of drug-likeness (QED) is 0.442. The monoisotopic (exact) mass is 358 g/mol. The number of carbonyl (C=O) groups excluding carboxylic acids is 1. The van der Waals surface area contributed by atoms with Gasteiger partial charge in [0, 0.05) is 5.56 Å². The van der Waals surface area contributed by atoms with Gasteiger partial charge in [0.25, 0.3) is 5.91 Å². The van der Waals surface area contributed by atoms with E-state index in [0.717, 1.165) is 5.56 Å². The number of rotatable bonds is 5. The first-order valence-corrected chi connectivity index (χ1v) is 7.91. The Hall–Kier alpha value is -3.34. The number of amides is 1. The maximum atomic E-state index is 12.0. The van der Waals surface area contributed by atoms with Crippen molar-refractivity contribution in [1.29, 1.82) is 0 Å². The summed E-state index contributed by atoms with van der Waals surface area (Å²) in [5, 5.41) is 14.1. The van der Waals surface area contributed by atoms with E-state index in [0.29, 0.717) is 27.2 Å². The molecule has 2 aromatic heterocycles. The summed E-state index contributed by atoms with van der Waals surface area (Å²) in [6.07, 6.45) is 0. The topological polar surface area (TPSA) is 158 Å². The van der Waals surface area contributed by atoms with Gasteiger partial charge in [-0.2, -0.15) is 10.2 Å². The summed E-state index contributed by atoms with van der Waals surface area (Å²) in [6.45, 7) is 1.91. The molecular weight excluding hydrogens is 344 g/mol. The molecule has 25 heavy (non-hydrogen) atoms. The molecule has 0 radical (unpaired) electrons. The lowest BCUT2D eigenvalue weighted by molar-refractivity contribution is 0.101. The van der Waals surface area contributed by atoms with Gasteiger partial charge in [-0.25, -0.2) is 4.98 Å². The third kappa shape index (κ3) is 3.95. The first kappa shape index (κ1) is 16.5. The number of tetrazole rings is 1. The summed E-state index contributed by atoms with van der Waals surface area (Å²) < 4.78 is 5.62. The zero-order valence-corrected chi connectivity index (χ0v) is 13.9. The third-order valence-electron chi connectivity index (χ3n) is 3.06. The van der Waals surface area contributed by atoms with Crippen LogP contribution >= 0.6 is 11.3 Å². The molecule has 0 aliphatic rings. The minimum absolute atomic E-state index is 0.186. The Kier molecular flexibility index (Phi) is 4.66. The Balaban J connectivity index is 1.81. The van der Waals surface area contributed by atoms with Crippen molar-refractivity contribution in [3.63, 3.8) is 0 Å². The molecule has 3 aromatic rings. The highest BCUT2D eigenvalue weighted by molar-refractivity contribution is 7.17. The largest absolute Gasteiger partial charge is 0.485 e. The number of aliphatic imine (C=N–C) groups is 1. The van der Waals surface area contributed by atoms with E-state index < -0.39 is 5.91 Å². The fourth-order valence-corrected chi connectivity index (χ4v) is 2.94. The average molecular weight is 358 g/mol. The van der Waals surface area contributed by atoms with Crippen LogP contribution in [-0.4, -0.2) is 37.5 Å². The molecule has 0 atom stereocenters. The molecule has 0 saturated carbocycles. The summed E-state index contributed by atoms with van der Waals surface area (Å²) in [4.78, 5) is 20.3. The number of hydrogen-bond donors (Lipinski definition) is 3.